The van der Waals surface area contributed by atoms with Gasteiger partial charge in [-0.05, 0) is 12.5 Å². The van der Waals surface area contributed by atoms with Gasteiger partial charge in [-0.1, -0.05) is 53.7 Å². The van der Waals surface area contributed by atoms with Crippen molar-refractivity contribution >= 4 is 41.2 Å². The molecule has 10 heteroatoms. The molecule has 0 bridgehead atoms. The number of ether oxygens (including phenoxy) is 1. The molecule has 0 radical (unpaired) electrons. The molecule has 31 heavy (non-hydrogen) atoms. The molecule has 1 aromatic heterocycles. The summed E-state index contributed by atoms with van der Waals surface area (Å²) in [5.41, 5.74) is 1.16. The predicted octanol–water partition coefficient (Wildman–Crippen LogP) is 3.16. The Morgan fingerprint density at radius 1 is 1.13 bits per heavy atom. The first-order valence-corrected chi connectivity index (χ1v) is 11.4. The van der Waals surface area contributed by atoms with Crippen LogP contribution >= 0.6 is 23.4 Å². The zero-order chi connectivity index (χ0) is 22.2. The standard InChI is InChI=1S/C21H26ClN5O3S/c1-3-30-21(29)27-11-9-26(10-12-27)19(28)15-31-20-23-17(22)13-18(24-20)25(2)14-16-7-5-4-6-8-16/h4-8,13H,3,9-12,14-15H2,1-2H3. The fourth-order valence-corrected chi connectivity index (χ4v) is 4.14. The van der Waals surface area contributed by atoms with Crippen LogP contribution < -0.4 is 4.90 Å². The predicted molar refractivity (Wildman–Crippen MR) is 121 cm³/mol. The number of thioether (sulfide) groups is 1. The van der Waals surface area contributed by atoms with Crippen LogP contribution in [0.1, 0.15) is 12.5 Å². The van der Waals surface area contributed by atoms with Gasteiger partial charge in [0.1, 0.15) is 11.0 Å². The molecule has 1 aliphatic heterocycles. The van der Waals surface area contributed by atoms with Crippen LogP contribution in [-0.4, -0.2) is 77.4 Å². The van der Waals surface area contributed by atoms with Crippen LogP contribution in [0.15, 0.2) is 41.6 Å². The quantitative estimate of drug-likeness (QED) is 0.354. The number of carbonyl (C=O) groups is 2. The van der Waals surface area contributed by atoms with E-state index in [2.05, 4.69) is 22.1 Å². The van der Waals surface area contributed by atoms with Crippen molar-refractivity contribution in [3.05, 3.63) is 47.1 Å². The van der Waals surface area contributed by atoms with E-state index in [-0.39, 0.29) is 17.8 Å². The van der Waals surface area contributed by atoms with Gasteiger partial charge in [-0.2, -0.15) is 0 Å². The third kappa shape index (κ3) is 6.73. The number of carbonyl (C=O) groups excluding carboxylic acids is 2. The molecule has 1 aliphatic rings. The molecule has 8 nitrogen and oxygen atoms in total. The molecule has 1 fully saturated rings. The lowest BCUT2D eigenvalue weighted by atomic mass is 10.2. The molecule has 0 aliphatic carbocycles. The minimum absolute atomic E-state index is 0.0173. The summed E-state index contributed by atoms with van der Waals surface area (Å²) in [5.74, 6) is 0.889. The molecule has 0 saturated carbocycles. The summed E-state index contributed by atoms with van der Waals surface area (Å²) < 4.78 is 5.01. The first-order chi connectivity index (χ1) is 15.0. The van der Waals surface area contributed by atoms with Gasteiger partial charge in [0, 0.05) is 45.8 Å². The second-order valence-electron chi connectivity index (χ2n) is 7.03. The normalized spacial score (nSPS) is 13.8. The van der Waals surface area contributed by atoms with E-state index in [9.17, 15) is 9.59 Å². The van der Waals surface area contributed by atoms with Crippen molar-refractivity contribution < 1.29 is 14.3 Å². The number of piperazine rings is 1. The lowest BCUT2D eigenvalue weighted by Gasteiger charge is -2.34. The van der Waals surface area contributed by atoms with E-state index in [1.165, 1.54) is 11.8 Å². The summed E-state index contributed by atoms with van der Waals surface area (Å²) >= 11 is 7.46. The fourth-order valence-electron chi connectivity index (χ4n) is 3.15. The van der Waals surface area contributed by atoms with Crippen molar-refractivity contribution in [1.29, 1.82) is 0 Å². The smallest absolute Gasteiger partial charge is 0.409 e. The topological polar surface area (TPSA) is 78.9 Å². The lowest BCUT2D eigenvalue weighted by Crippen LogP contribution is -2.51. The van der Waals surface area contributed by atoms with Gasteiger partial charge in [0.05, 0.1) is 12.4 Å². The highest BCUT2D eigenvalue weighted by Crippen LogP contribution is 2.23. The molecule has 0 atom stereocenters. The van der Waals surface area contributed by atoms with Gasteiger partial charge in [-0.25, -0.2) is 14.8 Å². The minimum atomic E-state index is -0.330. The van der Waals surface area contributed by atoms with Crippen LogP contribution in [0.25, 0.3) is 0 Å². The van der Waals surface area contributed by atoms with E-state index in [4.69, 9.17) is 16.3 Å². The molecular weight excluding hydrogens is 438 g/mol. The van der Waals surface area contributed by atoms with Gasteiger partial charge >= 0.3 is 6.09 Å². The maximum absolute atomic E-state index is 12.6. The van der Waals surface area contributed by atoms with Gasteiger partial charge in [0.15, 0.2) is 5.16 Å². The number of hydrogen-bond donors (Lipinski definition) is 0. The Hall–Kier alpha value is -2.52. The number of benzene rings is 1. The summed E-state index contributed by atoms with van der Waals surface area (Å²) in [7, 11) is 1.94. The first kappa shape index (κ1) is 23.1. The third-order valence-corrected chi connectivity index (χ3v) is 5.82. The zero-order valence-electron chi connectivity index (χ0n) is 17.7. The van der Waals surface area contributed by atoms with E-state index in [0.29, 0.717) is 55.5 Å². The first-order valence-electron chi connectivity index (χ1n) is 10.1. The van der Waals surface area contributed by atoms with Crippen molar-refractivity contribution in [1.82, 2.24) is 19.8 Å². The van der Waals surface area contributed by atoms with Crippen molar-refractivity contribution in [2.45, 2.75) is 18.6 Å². The highest BCUT2D eigenvalue weighted by Gasteiger charge is 2.25. The summed E-state index contributed by atoms with van der Waals surface area (Å²) in [5, 5.41) is 0.795. The largest absolute Gasteiger partial charge is 0.450 e. The van der Waals surface area contributed by atoms with Crippen LogP contribution in [0.2, 0.25) is 5.15 Å². The van der Waals surface area contributed by atoms with Gasteiger partial charge in [0.25, 0.3) is 0 Å². The molecule has 2 amide bonds. The summed E-state index contributed by atoms with van der Waals surface area (Å²) in [6.07, 6.45) is -0.330. The van der Waals surface area contributed by atoms with Gasteiger partial charge < -0.3 is 19.4 Å². The summed E-state index contributed by atoms with van der Waals surface area (Å²) in [6.45, 7) is 4.71. The Labute approximate surface area is 191 Å². The fraction of sp³-hybridized carbons (Fsp3) is 0.429. The van der Waals surface area contributed by atoms with Gasteiger partial charge in [0.2, 0.25) is 5.91 Å². The molecule has 1 saturated heterocycles. The molecular formula is C21H26ClN5O3S. The lowest BCUT2D eigenvalue weighted by molar-refractivity contribution is -0.129. The van der Waals surface area contributed by atoms with Gasteiger partial charge in [-0.15, -0.1) is 0 Å². The van der Waals surface area contributed by atoms with Crippen LogP contribution in [0.4, 0.5) is 10.6 Å². The van der Waals surface area contributed by atoms with Crippen molar-refractivity contribution in [3.8, 4) is 0 Å². The number of nitrogens with zero attached hydrogens (tertiary/aromatic N) is 5. The SMILES string of the molecule is CCOC(=O)N1CCN(C(=O)CSc2nc(Cl)cc(N(C)Cc3ccccc3)n2)CC1. The minimum Gasteiger partial charge on any atom is -0.450 e. The third-order valence-electron chi connectivity index (χ3n) is 4.80. The molecule has 1 aromatic carbocycles. The molecule has 2 aromatic rings. The number of rotatable bonds is 7. The molecule has 2 heterocycles. The second-order valence-corrected chi connectivity index (χ2v) is 8.36. The molecule has 166 valence electrons. The molecule has 3 rings (SSSR count). The number of halogens is 1. The summed E-state index contributed by atoms with van der Waals surface area (Å²) in [6, 6.07) is 11.8. The van der Waals surface area contributed by atoms with E-state index in [0.717, 1.165) is 5.56 Å². The van der Waals surface area contributed by atoms with E-state index in [1.54, 1.807) is 22.8 Å². The Morgan fingerprint density at radius 2 is 1.81 bits per heavy atom. The number of anilines is 1. The Bertz CT molecular complexity index is 894. The number of aromatic nitrogens is 2. The number of hydrogen-bond acceptors (Lipinski definition) is 7. The second kappa shape index (κ2) is 11.2. The van der Waals surface area contributed by atoms with Crippen LogP contribution in [-0.2, 0) is 16.1 Å². The van der Waals surface area contributed by atoms with Crippen molar-refractivity contribution in [2.24, 2.45) is 0 Å². The molecule has 0 N–H and O–H groups in total. The van der Waals surface area contributed by atoms with Gasteiger partial charge in [-0.3, -0.25) is 4.79 Å². The van der Waals surface area contributed by atoms with E-state index in [1.807, 2.05) is 30.1 Å². The Morgan fingerprint density at radius 3 is 2.48 bits per heavy atom. The monoisotopic (exact) mass is 463 g/mol. The highest BCUT2D eigenvalue weighted by molar-refractivity contribution is 7.99. The average molecular weight is 464 g/mol. The van der Waals surface area contributed by atoms with Crippen LogP contribution in [0.5, 0.6) is 0 Å². The summed E-state index contributed by atoms with van der Waals surface area (Å²) in [4.78, 5) is 38.5. The van der Waals surface area contributed by atoms with E-state index < -0.39 is 0 Å². The average Bonchev–Trinajstić information content (AvgIpc) is 2.78. The van der Waals surface area contributed by atoms with Crippen LogP contribution in [0, 0.1) is 0 Å². The Balaban J connectivity index is 1.53. The zero-order valence-corrected chi connectivity index (χ0v) is 19.2. The van der Waals surface area contributed by atoms with Crippen LogP contribution in [0.3, 0.4) is 0 Å². The van der Waals surface area contributed by atoms with Crippen molar-refractivity contribution in [2.75, 3.05) is 50.5 Å². The molecule has 0 spiro atoms. The number of amides is 2. The maximum atomic E-state index is 12.6. The molecule has 0 unspecified atom stereocenters. The Kier molecular flexibility index (Phi) is 8.36. The van der Waals surface area contributed by atoms with Crippen molar-refractivity contribution in [3.63, 3.8) is 0 Å². The van der Waals surface area contributed by atoms with E-state index >= 15 is 0 Å². The highest BCUT2D eigenvalue weighted by atomic mass is 35.5. The maximum Gasteiger partial charge on any atom is 0.409 e.